The van der Waals surface area contributed by atoms with E-state index in [9.17, 15) is 14.0 Å². The second kappa shape index (κ2) is 8.85. The third kappa shape index (κ3) is 4.63. The molecular formula is C22H22ClFN4O2. The van der Waals surface area contributed by atoms with Crippen LogP contribution in [0.3, 0.4) is 0 Å². The highest BCUT2D eigenvalue weighted by Crippen LogP contribution is 2.30. The number of amides is 2. The van der Waals surface area contributed by atoms with Crippen LogP contribution in [0.2, 0.25) is 5.02 Å². The summed E-state index contributed by atoms with van der Waals surface area (Å²) in [5, 5.41) is 5.29. The smallest absolute Gasteiger partial charge is 0.250 e. The third-order valence-electron chi connectivity index (χ3n) is 5.33. The molecule has 30 heavy (non-hydrogen) atoms. The van der Waals surface area contributed by atoms with Gasteiger partial charge in [-0.15, -0.1) is 0 Å². The first-order chi connectivity index (χ1) is 14.5. The summed E-state index contributed by atoms with van der Waals surface area (Å²) in [6.45, 7) is 0.729. The van der Waals surface area contributed by atoms with Crippen molar-refractivity contribution >= 4 is 23.4 Å². The zero-order valence-corrected chi connectivity index (χ0v) is 17.0. The Hall–Kier alpha value is -2.90. The molecule has 2 aliphatic rings. The van der Waals surface area contributed by atoms with Gasteiger partial charge in [0.2, 0.25) is 5.91 Å². The highest BCUT2D eigenvalue weighted by molar-refractivity contribution is 6.30. The van der Waals surface area contributed by atoms with Crippen molar-refractivity contribution in [3.8, 4) is 0 Å². The summed E-state index contributed by atoms with van der Waals surface area (Å²) in [6, 6.07) is 13.2. The van der Waals surface area contributed by atoms with Crippen LogP contribution in [-0.2, 0) is 16.1 Å². The number of fused-ring (bicyclic) bond motifs is 1. The van der Waals surface area contributed by atoms with Gasteiger partial charge < -0.3 is 15.2 Å². The van der Waals surface area contributed by atoms with Crippen LogP contribution < -0.4 is 10.7 Å². The number of hydrogen-bond donors (Lipinski definition) is 2. The van der Waals surface area contributed by atoms with Crippen molar-refractivity contribution in [1.29, 1.82) is 0 Å². The largest absolute Gasteiger partial charge is 0.352 e. The minimum atomic E-state index is -0.345. The SMILES string of the molecule is O=C(CCN1C=CN2NC(c3ccc(F)cc3)CC2C1=O)NCc1ccc(Cl)cc1. The predicted molar refractivity (Wildman–Crippen MR) is 111 cm³/mol. The molecule has 2 aliphatic heterocycles. The van der Waals surface area contributed by atoms with Crippen molar-refractivity contribution in [3.05, 3.63) is 82.9 Å². The molecule has 6 nitrogen and oxygen atoms in total. The molecule has 0 aromatic heterocycles. The number of nitrogens with zero attached hydrogens (tertiary/aromatic N) is 2. The highest BCUT2D eigenvalue weighted by atomic mass is 35.5. The van der Waals surface area contributed by atoms with Crippen LogP contribution >= 0.6 is 11.6 Å². The normalized spacial score (nSPS) is 20.4. The summed E-state index contributed by atoms with van der Waals surface area (Å²) in [6.07, 6.45) is 4.28. The summed E-state index contributed by atoms with van der Waals surface area (Å²) in [7, 11) is 0. The van der Waals surface area contributed by atoms with E-state index in [0.29, 0.717) is 24.5 Å². The first-order valence-corrected chi connectivity index (χ1v) is 10.2. The lowest BCUT2D eigenvalue weighted by Crippen LogP contribution is -2.48. The molecule has 2 aromatic rings. The number of hydrazine groups is 1. The number of hydrogen-bond acceptors (Lipinski definition) is 4. The molecule has 1 fully saturated rings. The van der Waals surface area contributed by atoms with Gasteiger partial charge in [0.15, 0.2) is 0 Å². The summed E-state index contributed by atoms with van der Waals surface area (Å²) < 4.78 is 13.2. The molecule has 0 spiro atoms. The van der Waals surface area contributed by atoms with E-state index in [4.69, 9.17) is 11.6 Å². The van der Waals surface area contributed by atoms with Crippen LogP contribution in [0.15, 0.2) is 60.9 Å². The molecule has 1 saturated heterocycles. The second-order valence-corrected chi connectivity index (χ2v) is 7.81. The number of halogens is 2. The fourth-order valence-electron chi connectivity index (χ4n) is 3.65. The van der Waals surface area contributed by atoms with Gasteiger partial charge in [-0.3, -0.25) is 9.59 Å². The molecule has 4 rings (SSSR count). The van der Waals surface area contributed by atoms with Gasteiger partial charge in [-0.05, 0) is 41.8 Å². The molecule has 2 heterocycles. The number of rotatable bonds is 6. The van der Waals surface area contributed by atoms with Gasteiger partial charge in [-0.2, -0.15) is 0 Å². The molecule has 0 saturated carbocycles. The van der Waals surface area contributed by atoms with E-state index < -0.39 is 0 Å². The van der Waals surface area contributed by atoms with Crippen LogP contribution in [-0.4, -0.2) is 34.3 Å². The van der Waals surface area contributed by atoms with Crippen LogP contribution in [0, 0.1) is 5.82 Å². The van der Waals surface area contributed by atoms with Crippen LogP contribution in [0.1, 0.15) is 30.0 Å². The topological polar surface area (TPSA) is 64.7 Å². The Morgan fingerprint density at radius 3 is 2.60 bits per heavy atom. The lowest BCUT2D eigenvalue weighted by atomic mass is 10.0. The van der Waals surface area contributed by atoms with E-state index in [-0.39, 0.29) is 36.1 Å². The Balaban J connectivity index is 1.28. The third-order valence-corrected chi connectivity index (χ3v) is 5.58. The van der Waals surface area contributed by atoms with Gasteiger partial charge in [0.25, 0.3) is 5.91 Å². The molecule has 0 radical (unpaired) electrons. The predicted octanol–water partition coefficient (Wildman–Crippen LogP) is 3.12. The Morgan fingerprint density at radius 1 is 1.13 bits per heavy atom. The number of benzene rings is 2. The molecular weight excluding hydrogens is 407 g/mol. The van der Waals surface area contributed by atoms with Crippen molar-refractivity contribution in [2.75, 3.05) is 6.54 Å². The maximum atomic E-state index is 13.2. The highest BCUT2D eigenvalue weighted by Gasteiger charge is 2.39. The van der Waals surface area contributed by atoms with Gasteiger partial charge >= 0.3 is 0 Å². The molecule has 2 unspecified atom stereocenters. The van der Waals surface area contributed by atoms with Crippen molar-refractivity contribution < 1.29 is 14.0 Å². The molecule has 156 valence electrons. The van der Waals surface area contributed by atoms with E-state index in [1.807, 2.05) is 12.1 Å². The molecule has 0 aliphatic carbocycles. The monoisotopic (exact) mass is 428 g/mol. The van der Waals surface area contributed by atoms with E-state index in [0.717, 1.165) is 11.1 Å². The quantitative estimate of drug-likeness (QED) is 0.742. The standard InChI is InChI=1S/C22H22ClFN4O2/c23-17-5-1-15(2-6-17)14-25-21(29)9-10-27-11-12-28-20(22(27)30)13-19(26-28)16-3-7-18(24)8-4-16/h1-8,11-12,19-20,26H,9-10,13-14H2,(H,25,29). The lowest BCUT2D eigenvalue weighted by Gasteiger charge is -2.31. The molecule has 0 bridgehead atoms. The van der Waals surface area contributed by atoms with Gasteiger partial charge in [-0.25, -0.2) is 9.82 Å². The second-order valence-electron chi connectivity index (χ2n) is 7.37. The van der Waals surface area contributed by atoms with Crippen LogP contribution in [0.25, 0.3) is 0 Å². The first kappa shape index (κ1) is 20.4. The van der Waals surface area contributed by atoms with E-state index in [2.05, 4.69) is 10.7 Å². The van der Waals surface area contributed by atoms with Gasteiger partial charge in [0.1, 0.15) is 11.9 Å². The van der Waals surface area contributed by atoms with Crippen molar-refractivity contribution in [2.24, 2.45) is 0 Å². The van der Waals surface area contributed by atoms with Crippen LogP contribution in [0.4, 0.5) is 4.39 Å². The van der Waals surface area contributed by atoms with E-state index in [1.54, 1.807) is 46.6 Å². The zero-order chi connectivity index (χ0) is 21.1. The first-order valence-electron chi connectivity index (χ1n) is 9.79. The van der Waals surface area contributed by atoms with Crippen molar-refractivity contribution in [2.45, 2.75) is 31.5 Å². The summed E-state index contributed by atoms with van der Waals surface area (Å²) >= 11 is 5.86. The van der Waals surface area contributed by atoms with E-state index in [1.165, 1.54) is 12.1 Å². The average Bonchev–Trinajstić information content (AvgIpc) is 3.18. The maximum Gasteiger partial charge on any atom is 0.250 e. The van der Waals surface area contributed by atoms with Gasteiger partial charge in [0, 0.05) is 36.9 Å². The van der Waals surface area contributed by atoms with Crippen molar-refractivity contribution in [3.63, 3.8) is 0 Å². The molecule has 2 aromatic carbocycles. The minimum absolute atomic E-state index is 0.0555. The average molecular weight is 429 g/mol. The Labute approximate surface area is 179 Å². The van der Waals surface area contributed by atoms with Crippen molar-refractivity contribution in [1.82, 2.24) is 20.7 Å². The van der Waals surface area contributed by atoms with E-state index >= 15 is 0 Å². The Morgan fingerprint density at radius 2 is 1.87 bits per heavy atom. The van der Waals surface area contributed by atoms with Gasteiger partial charge in [-0.1, -0.05) is 35.9 Å². The van der Waals surface area contributed by atoms with Gasteiger partial charge in [0.05, 0.1) is 6.04 Å². The lowest BCUT2D eigenvalue weighted by molar-refractivity contribution is -0.134. The molecule has 2 N–H and O–H groups in total. The minimum Gasteiger partial charge on any atom is -0.352 e. The summed E-state index contributed by atoms with van der Waals surface area (Å²) in [4.78, 5) is 26.6. The van der Waals surface area contributed by atoms with Crippen LogP contribution in [0.5, 0.6) is 0 Å². The molecule has 2 amide bonds. The fourth-order valence-corrected chi connectivity index (χ4v) is 3.77. The Kier molecular flexibility index (Phi) is 6.01. The summed E-state index contributed by atoms with van der Waals surface area (Å²) in [5.41, 5.74) is 5.16. The summed E-state index contributed by atoms with van der Waals surface area (Å²) in [5.74, 6) is -0.464. The number of carbonyl (C=O) groups is 2. The maximum absolute atomic E-state index is 13.2. The number of nitrogens with one attached hydrogen (secondary N) is 2. The molecule has 2 atom stereocenters. The zero-order valence-electron chi connectivity index (χ0n) is 16.2. The fraction of sp³-hybridized carbons (Fsp3) is 0.273. The number of carbonyl (C=O) groups excluding carboxylic acids is 2. The molecule has 8 heteroatoms. The Bertz CT molecular complexity index is 949.